The molecule has 162 valence electrons. The standard InChI is InChI=1S/C26H28O5/c1-14(2)6-7-16-19(27)11-22-23(24(16)28-5)25-18(13-29-22)17-10-15-8-9-26(3,4)31-20(15)12-21(17)30-25/h6,8-12,18,25,27H,7,13H2,1-5H3. The van der Waals surface area contributed by atoms with Crippen LogP contribution in [0.3, 0.4) is 0 Å². The molecule has 0 saturated heterocycles. The van der Waals surface area contributed by atoms with Crippen LogP contribution in [0.4, 0.5) is 0 Å². The maximum absolute atomic E-state index is 10.6. The van der Waals surface area contributed by atoms with Gasteiger partial charge in [0.1, 0.15) is 40.5 Å². The lowest BCUT2D eigenvalue weighted by Crippen LogP contribution is -2.27. The third-order valence-corrected chi connectivity index (χ3v) is 6.18. The van der Waals surface area contributed by atoms with Crippen LogP contribution in [-0.2, 0) is 6.42 Å². The Labute approximate surface area is 182 Å². The van der Waals surface area contributed by atoms with Crippen LogP contribution < -0.4 is 18.9 Å². The van der Waals surface area contributed by atoms with Gasteiger partial charge in [-0.3, -0.25) is 0 Å². The zero-order valence-corrected chi connectivity index (χ0v) is 18.6. The number of methoxy groups -OCH3 is 1. The summed E-state index contributed by atoms with van der Waals surface area (Å²) in [5.74, 6) is 3.12. The first kappa shape index (κ1) is 19.9. The minimum Gasteiger partial charge on any atom is -0.507 e. The number of hydrogen-bond acceptors (Lipinski definition) is 5. The second kappa shape index (κ2) is 6.98. The lowest BCUT2D eigenvalue weighted by atomic mass is 9.86. The Hall–Kier alpha value is -3.08. The smallest absolute Gasteiger partial charge is 0.141 e. The zero-order valence-electron chi connectivity index (χ0n) is 18.6. The fraction of sp³-hybridized carbons (Fsp3) is 0.385. The topological polar surface area (TPSA) is 57.2 Å². The van der Waals surface area contributed by atoms with Crippen molar-refractivity contribution in [2.45, 2.75) is 51.7 Å². The van der Waals surface area contributed by atoms with Crippen LogP contribution in [0.25, 0.3) is 6.08 Å². The van der Waals surface area contributed by atoms with Crippen molar-refractivity contribution >= 4 is 6.08 Å². The number of fused-ring (bicyclic) bond motifs is 6. The highest BCUT2D eigenvalue weighted by Gasteiger charge is 2.44. The van der Waals surface area contributed by atoms with Gasteiger partial charge in [-0.05, 0) is 46.3 Å². The average Bonchev–Trinajstić information content (AvgIpc) is 3.06. The molecule has 0 radical (unpaired) electrons. The Morgan fingerprint density at radius 1 is 1.19 bits per heavy atom. The van der Waals surface area contributed by atoms with E-state index in [2.05, 4.69) is 24.3 Å². The lowest BCUT2D eigenvalue weighted by Gasteiger charge is -2.30. The van der Waals surface area contributed by atoms with Gasteiger partial charge in [-0.1, -0.05) is 17.7 Å². The molecule has 5 heteroatoms. The molecule has 3 heterocycles. The Balaban J connectivity index is 1.59. The molecule has 2 atom stereocenters. The second-order valence-corrected chi connectivity index (χ2v) is 9.23. The van der Waals surface area contributed by atoms with Gasteiger partial charge in [0.25, 0.3) is 0 Å². The summed E-state index contributed by atoms with van der Waals surface area (Å²) < 4.78 is 24.5. The number of phenols is 1. The summed E-state index contributed by atoms with van der Waals surface area (Å²) in [7, 11) is 1.63. The summed E-state index contributed by atoms with van der Waals surface area (Å²) in [5, 5.41) is 10.6. The first-order valence-corrected chi connectivity index (χ1v) is 10.7. The number of ether oxygens (including phenoxy) is 4. The van der Waals surface area contributed by atoms with Gasteiger partial charge in [-0.2, -0.15) is 0 Å². The van der Waals surface area contributed by atoms with Gasteiger partial charge >= 0.3 is 0 Å². The molecule has 3 aliphatic rings. The van der Waals surface area contributed by atoms with Gasteiger partial charge in [0.05, 0.1) is 25.2 Å². The van der Waals surface area contributed by atoms with Crippen LogP contribution in [0, 0.1) is 0 Å². The van der Waals surface area contributed by atoms with Crippen LogP contribution in [0.2, 0.25) is 0 Å². The van der Waals surface area contributed by atoms with Crippen LogP contribution in [-0.4, -0.2) is 24.4 Å². The van der Waals surface area contributed by atoms with E-state index < -0.39 is 0 Å². The average molecular weight is 421 g/mol. The molecule has 0 saturated carbocycles. The number of hydrogen-bond donors (Lipinski definition) is 1. The Kier molecular flexibility index (Phi) is 4.47. The lowest BCUT2D eigenvalue weighted by molar-refractivity contribution is 0.134. The Bertz CT molecular complexity index is 1120. The van der Waals surface area contributed by atoms with Crippen molar-refractivity contribution in [2.75, 3.05) is 13.7 Å². The maximum Gasteiger partial charge on any atom is 0.141 e. The van der Waals surface area contributed by atoms with E-state index in [0.717, 1.165) is 33.8 Å². The van der Waals surface area contributed by atoms with E-state index in [1.54, 1.807) is 13.2 Å². The van der Waals surface area contributed by atoms with Crippen molar-refractivity contribution in [3.8, 4) is 28.7 Å². The van der Waals surface area contributed by atoms with E-state index in [1.807, 2.05) is 33.8 Å². The van der Waals surface area contributed by atoms with Crippen molar-refractivity contribution in [3.63, 3.8) is 0 Å². The molecular weight excluding hydrogens is 392 g/mol. The van der Waals surface area contributed by atoms with E-state index >= 15 is 0 Å². The SMILES string of the molecule is COc1c(CC=C(C)C)c(O)cc2c1C1Oc3cc4c(cc3C1CO2)C=CC(C)(C)O4. The molecule has 0 bridgehead atoms. The first-order chi connectivity index (χ1) is 14.8. The fourth-order valence-electron chi connectivity index (χ4n) is 4.62. The second-order valence-electron chi connectivity index (χ2n) is 9.23. The Morgan fingerprint density at radius 3 is 2.74 bits per heavy atom. The number of phenolic OH excluding ortho intramolecular Hbond substituents is 1. The molecule has 3 aliphatic heterocycles. The van der Waals surface area contributed by atoms with E-state index in [9.17, 15) is 5.11 Å². The minimum atomic E-state index is -0.344. The van der Waals surface area contributed by atoms with E-state index in [-0.39, 0.29) is 23.4 Å². The molecule has 5 nitrogen and oxygen atoms in total. The van der Waals surface area contributed by atoms with Crippen molar-refractivity contribution in [3.05, 3.63) is 58.2 Å². The largest absolute Gasteiger partial charge is 0.507 e. The first-order valence-electron chi connectivity index (χ1n) is 10.7. The van der Waals surface area contributed by atoms with E-state index in [1.165, 1.54) is 5.57 Å². The molecule has 0 amide bonds. The highest BCUT2D eigenvalue weighted by molar-refractivity contribution is 5.67. The Morgan fingerprint density at radius 2 is 2.00 bits per heavy atom. The predicted molar refractivity (Wildman–Crippen MR) is 120 cm³/mol. The minimum absolute atomic E-state index is 0.0471. The summed E-state index contributed by atoms with van der Waals surface area (Å²) in [5.41, 5.74) is 4.61. The van der Waals surface area contributed by atoms with Crippen LogP contribution in [0.15, 0.2) is 35.9 Å². The third kappa shape index (κ3) is 3.23. The number of benzene rings is 2. The van der Waals surface area contributed by atoms with Crippen LogP contribution in [0.5, 0.6) is 28.7 Å². The molecule has 1 N–H and O–H groups in total. The van der Waals surface area contributed by atoms with Crippen molar-refractivity contribution in [2.24, 2.45) is 0 Å². The van der Waals surface area contributed by atoms with Crippen LogP contribution >= 0.6 is 0 Å². The normalized spacial score (nSPS) is 21.5. The molecule has 2 unspecified atom stereocenters. The molecule has 0 spiro atoms. The molecule has 0 fully saturated rings. The van der Waals surface area contributed by atoms with Crippen LogP contribution in [0.1, 0.15) is 62.0 Å². The fourth-order valence-corrected chi connectivity index (χ4v) is 4.62. The quantitative estimate of drug-likeness (QED) is 0.645. The number of aromatic hydroxyl groups is 1. The van der Waals surface area contributed by atoms with Gasteiger partial charge < -0.3 is 24.1 Å². The maximum atomic E-state index is 10.6. The third-order valence-electron chi connectivity index (χ3n) is 6.18. The van der Waals surface area contributed by atoms with Gasteiger partial charge in [-0.25, -0.2) is 0 Å². The molecule has 0 aromatic heterocycles. The number of allylic oxidation sites excluding steroid dienone is 2. The van der Waals surface area contributed by atoms with Gasteiger partial charge in [0, 0.05) is 28.8 Å². The van der Waals surface area contributed by atoms with Gasteiger partial charge in [0.15, 0.2) is 0 Å². The van der Waals surface area contributed by atoms with Gasteiger partial charge in [-0.15, -0.1) is 0 Å². The monoisotopic (exact) mass is 420 g/mol. The number of rotatable bonds is 3. The molecule has 2 aromatic rings. The molecule has 5 rings (SSSR count). The molecular formula is C26H28O5. The molecule has 0 aliphatic carbocycles. The summed E-state index contributed by atoms with van der Waals surface area (Å²) >= 11 is 0. The molecule has 2 aromatic carbocycles. The summed E-state index contributed by atoms with van der Waals surface area (Å²) in [4.78, 5) is 0. The van der Waals surface area contributed by atoms with Crippen molar-refractivity contribution < 1.29 is 24.1 Å². The van der Waals surface area contributed by atoms with Crippen molar-refractivity contribution in [1.82, 2.24) is 0 Å². The van der Waals surface area contributed by atoms with Crippen molar-refractivity contribution in [1.29, 1.82) is 0 Å². The van der Waals surface area contributed by atoms with Gasteiger partial charge in [0.2, 0.25) is 0 Å². The summed E-state index contributed by atoms with van der Waals surface area (Å²) in [6, 6.07) is 5.82. The highest BCUT2D eigenvalue weighted by Crippen LogP contribution is 2.57. The molecule has 31 heavy (non-hydrogen) atoms. The zero-order chi connectivity index (χ0) is 21.9. The van der Waals surface area contributed by atoms with E-state index in [4.69, 9.17) is 18.9 Å². The highest BCUT2D eigenvalue weighted by atomic mass is 16.5. The summed E-state index contributed by atoms with van der Waals surface area (Å²) in [6.07, 6.45) is 6.61. The predicted octanol–water partition coefficient (Wildman–Crippen LogP) is 5.70. The van der Waals surface area contributed by atoms with E-state index in [0.29, 0.717) is 24.5 Å². The summed E-state index contributed by atoms with van der Waals surface area (Å²) in [6.45, 7) is 8.63.